The van der Waals surface area contributed by atoms with Crippen LogP contribution < -0.4 is 4.90 Å². The van der Waals surface area contributed by atoms with E-state index < -0.39 is 0 Å². The minimum absolute atomic E-state index is 0.396. The summed E-state index contributed by atoms with van der Waals surface area (Å²) in [5.41, 5.74) is 2.20. The molecule has 1 N–H and O–H groups in total. The number of quaternary nitrogens is 1. The molecule has 3 heterocycles. The second-order valence-corrected chi connectivity index (χ2v) is 7.37. The van der Waals surface area contributed by atoms with Crippen LogP contribution in [-0.4, -0.2) is 26.6 Å². The molecule has 1 unspecified atom stereocenters. The SMILES string of the molecule is C[NH+](Cc1cnn(-c2ccccc2)c1)Cn1nc(-c2cccs2)oc1=S. The average molecular weight is 385 g/mol. The van der Waals surface area contributed by atoms with Crippen molar-refractivity contribution in [2.75, 3.05) is 7.05 Å². The molecule has 0 saturated heterocycles. The molecule has 4 aromatic rings. The van der Waals surface area contributed by atoms with Gasteiger partial charge >= 0.3 is 0 Å². The Balaban J connectivity index is 1.44. The van der Waals surface area contributed by atoms with Crippen LogP contribution in [0.25, 0.3) is 16.5 Å². The van der Waals surface area contributed by atoms with Gasteiger partial charge in [0.2, 0.25) is 0 Å². The van der Waals surface area contributed by atoms with Crippen molar-refractivity contribution in [2.45, 2.75) is 13.2 Å². The van der Waals surface area contributed by atoms with E-state index in [2.05, 4.69) is 23.4 Å². The third-order valence-electron chi connectivity index (χ3n) is 3.92. The largest absolute Gasteiger partial charge is 0.408 e. The Hall–Kier alpha value is -2.55. The van der Waals surface area contributed by atoms with Crippen molar-refractivity contribution in [1.29, 1.82) is 0 Å². The fraction of sp³-hybridized carbons (Fsp3) is 0.167. The number of hydrogen-bond acceptors (Lipinski definition) is 5. The number of nitrogens with zero attached hydrogens (tertiary/aromatic N) is 4. The van der Waals surface area contributed by atoms with Gasteiger partial charge in [-0.15, -0.1) is 16.4 Å². The highest BCUT2D eigenvalue weighted by molar-refractivity contribution is 7.71. The molecular formula is C18H18N5OS2+. The summed E-state index contributed by atoms with van der Waals surface area (Å²) in [5, 5.41) is 10.9. The zero-order chi connectivity index (χ0) is 17.9. The van der Waals surface area contributed by atoms with Crippen LogP contribution in [-0.2, 0) is 13.2 Å². The van der Waals surface area contributed by atoms with E-state index in [-0.39, 0.29) is 0 Å². The summed E-state index contributed by atoms with van der Waals surface area (Å²) >= 11 is 6.89. The van der Waals surface area contributed by atoms with Crippen LogP contribution in [0, 0.1) is 4.84 Å². The fourth-order valence-electron chi connectivity index (χ4n) is 2.74. The summed E-state index contributed by atoms with van der Waals surface area (Å²) < 4.78 is 9.24. The Kier molecular flexibility index (Phi) is 4.79. The number of hydrogen-bond donors (Lipinski definition) is 1. The second kappa shape index (κ2) is 7.36. The van der Waals surface area contributed by atoms with Crippen LogP contribution in [0.5, 0.6) is 0 Å². The van der Waals surface area contributed by atoms with Gasteiger partial charge in [-0.05, 0) is 35.8 Å². The molecule has 0 aliphatic rings. The summed E-state index contributed by atoms with van der Waals surface area (Å²) in [6.45, 7) is 1.44. The van der Waals surface area contributed by atoms with Crippen molar-refractivity contribution in [1.82, 2.24) is 19.6 Å². The smallest absolute Gasteiger partial charge is 0.292 e. The first-order chi connectivity index (χ1) is 12.7. The van der Waals surface area contributed by atoms with Gasteiger partial charge in [0.1, 0.15) is 6.54 Å². The topological polar surface area (TPSA) is 53.2 Å². The molecule has 0 fully saturated rings. The van der Waals surface area contributed by atoms with Crippen LogP contribution in [0.2, 0.25) is 0 Å². The first-order valence-electron chi connectivity index (χ1n) is 8.21. The number of aromatic nitrogens is 4. The van der Waals surface area contributed by atoms with Gasteiger partial charge in [-0.2, -0.15) is 9.78 Å². The predicted molar refractivity (Wildman–Crippen MR) is 103 cm³/mol. The fourth-order valence-corrected chi connectivity index (χ4v) is 3.57. The molecule has 26 heavy (non-hydrogen) atoms. The maximum Gasteiger partial charge on any atom is 0.292 e. The van der Waals surface area contributed by atoms with Crippen molar-refractivity contribution in [3.63, 3.8) is 0 Å². The van der Waals surface area contributed by atoms with Crippen molar-refractivity contribution in [3.8, 4) is 16.5 Å². The van der Waals surface area contributed by atoms with E-state index in [1.165, 1.54) is 4.90 Å². The second-order valence-electron chi connectivity index (χ2n) is 6.07. The van der Waals surface area contributed by atoms with E-state index in [0.29, 0.717) is 17.4 Å². The Morgan fingerprint density at radius 1 is 1.19 bits per heavy atom. The monoisotopic (exact) mass is 384 g/mol. The van der Waals surface area contributed by atoms with Crippen LogP contribution in [0.1, 0.15) is 5.56 Å². The van der Waals surface area contributed by atoms with Crippen LogP contribution >= 0.6 is 23.6 Å². The summed E-state index contributed by atoms with van der Waals surface area (Å²) in [6.07, 6.45) is 3.95. The third kappa shape index (κ3) is 3.67. The van der Waals surface area contributed by atoms with E-state index in [0.717, 1.165) is 22.7 Å². The standard InChI is InChI=1S/C18H17N5OS2/c1-21(11-14-10-19-22(12-14)15-6-3-2-4-7-15)13-23-18(25)24-17(20-23)16-8-5-9-26-16/h2-10,12H,11,13H2,1H3/p+1. The van der Waals surface area contributed by atoms with Crippen LogP contribution in [0.4, 0.5) is 0 Å². The van der Waals surface area contributed by atoms with Gasteiger partial charge in [0.05, 0.1) is 23.8 Å². The molecule has 8 heteroatoms. The molecule has 6 nitrogen and oxygen atoms in total. The van der Waals surface area contributed by atoms with Crippen LogP contribution in [0.3, 0.4) is 0 Å². The minimum Gasteiger partial charge on any atom is -0.408 e. The molecular weight excluding hydrogens is 366 g/mol. The van der Waals surface area contributed by atoms with E-state index in [4.69, 9.17) is 16.6 Å². The third-order valence-corrected chi connectivity index (χ3v) is 5.07. The zero-order valence-electron chi connectivity index (χ0n) is 14.2. The van der Waals surface area contributed by atoms with Gasteiger partial charge in [0.15, 0.2) is 6.67 Å². The van der Waals surface area contributed by atoms with Crippen molar-refractivity contribution < 1.29 is 9.32 Å². The molecule has 1 aromatic carbocycles. The molecule has 0 amide bonds. The Bertz CT molecular complexity index is 1030. The highest BCUT2D eigenvalue weighted by atomic mass is 32.1. The number of benzene rings is 1. The van der Waals surface area contributed by atoms with E-state index in [1.807, 2.05) is 58.7 Å². The normalized spacial score (nSPS) is 12.3. The maximum absolute atomic E-state index is 5.62. The lowest BCUT2D eigenvalue weighted by Crippen LogP contribution is -3.06. The van der Waals surface area contributed by atoms with E-state index >= 15 is 0 Å². The first-order valence-corrected chi connectivity index (χ1v) is 9.50. The van der Waals surface area contributed by atoms with Gasteiger partial charge < -0.3 is 9.32 Å². The van der Waals surface area contributed by atoms with Gasteiger partial charge in [-0.1, -0.05) is 24.3 Å². The van der Waals surface area contributed by atoms with E-state index in [1.54, 1.807) is 16.0 Å². The van der Waals surface area contributed by atoms with Crippen molar-refractivity contribution in [2.24, 2.45) is 0 Å². The summed E-state index contributed by atoms with van der Waals surface area (Å²) in [6, 6.07) is 14.0. The Labute approximate surface area is 159 Å². The summed E-state index contributed by atoms with van der Waals surface area (Å²) in [5.74, 6) is 0.578. The molecule has 0 aliphatic carbocycles. The highest BCUT2D eigenvalue weighted by Crippen LogP contribution is 2.22. The van der Waals surface area contributed by atoms with Gasteiger partial charge in [0.25, 0.3) is 10.7 Å². The van der Waals surface area contributed by atoms with E-state index in [9.17, 15) is 0 Å². The minimum atomic E-state index is 0.396. The zero-order valence-corrected chi connectivity index (χ0v) is 15.8. The molecule has 0 radical (unpaired) electrons. The predicted octanol–water partition coefficient (Wildman–Crippen LogP) is 2.79. The molecule has 4 rings (SSSR count). The number of para-hydroxylation sites is 1. The Morgan fingerprint density at radius 3 is 2.81 bits per heavy atom. The molecule has 0 aliphatic heterocycles. The lowest BCUT2D eigenvalue weighted by atomic mass is 10.3. The molecule has 132 valence electrons. The Morgan fingerprint density at radius 2 is 2.04 bits per heavy atom. The molecule has 3 aromatic heterocycles. The van der Waals surface area contributed by atoms with Gasteiger partial charge in [-0.3, -0.25) is 0 Å². The molecule has 0 bridgehead atoms. The van der Waals surface area contributed by atoms with Gasteiger partial charge in [0, 0.05) is 11.8 Å². The maximum atomic E-state index is 5.62. The van der Waals surface area contributed by atoms with Crippen molar-refractivity contribution >= 4 is 23.6 Å². The lowest BCUT2D eigenvalue weighted by Gasteiger charge is -2.11. The quantitative estimate of drug-likeness (QED) is 0.520. The lowest BCUT2D eigenvalue weighted by molar-refractivity contribution is -0.917. The number of rotatable bonds is 6. The summed E-state index contributed by atoms with van der Waals surface area (Å²) in [4.78, 5) is 2.61. The summed E-state index contributed by atoms with van der Waals surface area (Å²) in [7, 11) is 2.10. The van der Waals surface area contributed by atoms with Gasteiger partial charge in [-0.25, -0.2) is 4.68 Å². The number of thiophene rings is 1. The molecule has 0 spiro atoms. The number of nitrogens with one attached hydrogen (secondary N) is 1. The van der Waals surface area contributed by atoms with Crippen LogP contribution in [0.15, 0.2) is 64.7 Å². The first kappa shape index (κ1) is 16.9. The molecule has 1 atom stereocenters. The highest BCUT2D eigenvalue weighted by Gasteiger charge is 2.13. The average Bonchev–Trinajstić information content (AvgIpc) is 3.38. The van der Waals surface area contributed by atoms with Crippen molar-refractivity contribution in [3.05, 3.63) is 70.6 Å². The molecule has 0 saturated carbocycles.